The number of aromatic nitrogens is 2. The molecule has 0 spiro atoms. The molecule has 1 saturated heterocycles. The molecular formula is C13H18ClN3O3S. The first kappa shape index (κ1) is 16.2. The van der Waals surface area contributed by atoms with Gasteiger partial charge in [-0.05, 0) is 27.2 Å². The van der Waals surface area contributed by atoms with Crippen molar-refractivity contribution < 1.29 is 13.7 Å². The van der Waals surface area contributed by atoms with E-state index in [0.717, 1.165) is 0 Å². The fraction of sp³-hybridized carbons (Fsp3) is 0.615. The van der Waals surface area contributed by atoms with E-state index in [2.05, 4.69) is 9.97 Å². The predicted molar refractivity (Wildman–Crippen MR) is 79.7 cm³/mol. The number of likely N-dealkylation sites (tertiary alicyclic amines) is 1. The summed E-state index contributed by atoms with van der Waals surface area (Å²) >= 11 is 5.78. The van der Waals surface area contributed by atoms with Crippen LogP contribution in [0.3, 0.4) is 0 Å². The molecule has 1 aromatic heterocycles. The van der Waals surface area contributed by atoms with E-state index < -0.39 is 16.4 Å². The summed E-state index contributed by atoms with van der Waals surface area (Å²) in [6.07, 6.45) is 1.56. The van der Waals surface area contributed by atoms with Gasteiger partial charge in [-0.2, -0.15) is 0 Å². The quantitative estimate of drug-likeness (QED) is 0.777. The highest BCUT2D eigenvalue weighted by molar-refractivity contribution is 7.85. The topological polar surface area (TPSA) is 72.4 Å². The molecule has 6 nitrogen and oxygen atoms in total. The smallest absolute Gasteiger partial charge is 0.410 e. The number of halogens is 1. The van der Waals surface area contributed by atoms with E-state index >= 15 is 0 Å². The van der Waals surface area contributed by atoms with E-state index in [1.807, 2.05) is 20.8 Å². The van der Waals surface area contributed by atoms with Gasteiger partial charge in [-0.1, -0.05) is 11.6 Å². The Bertz CT molecular complexity index is 562. The van der Waals surface area contributed by atoms with Gasteiger partial charge in [0.05, 0.1) is 16.0 Å². The van der Waals surface area contributed by atoms with E-state index in [0.29, 0.717) is 24.5 Å². The molecule has 8 heteroatoms. The lowest BCUT2D eigenvalue weighted by molar-refractivity contribution is 0.0295. The van der Waals surface area contributed by atoms with E-state index in [-0.39, 0.29) is 16.5 Å². The second-order valence-corrected chi connectivity index (χ2v) is 7.88. The minimum Gasteiger partial charge on any atom is -0.444 e. The van der Waals surface area contributed by atoms with Crippen molar-refractivity contribution in [1.82, 2.24) is 14.9 Å². The Morgan fingerprint density at radius 3 is 2.81 bits per heavy atom. The molecule has 1 aromatic rings. The number of nitrogens with zero attached hydrogens (tertiary/aromatic N) is 3. The van der Waals surface area contributed by atoms with Gasteiger partial charge in [0.1, 0.15) is 22.1 Å². The van der Waals surface area contributed by atoms with Crippen molar-refractivity contribution in [3.05, 3.63) is 17.5 Å². The fourth-order valence-electron chi connectivity index (χ4n) is 1.99. The number of amides is 1. The Kier molecular flexibility index (Phi) is 4.83. The van der Waals surface area contributed by atoms with Crippen LogP contribution in [0.5, 0.6) is 0 Å². The average Bonchev–Trinajstić information content (AvgIpc) is 2.85. The van der Waals surface area contributed by atoms with Crippen molar-refractivity contribution >= 4 is 28.5 Å². The predicted octanol–water partition coefficient (Wildman–Crippen LogP) is 2.25. The van der Waals surface area contributed by atoms with Crippen molar-refractivity contribution in [2.45, 2.75) is 43.1 Å². The lowest BCUT2D eigenvalue weighted by atomic mass is 10.2. The molecule has 0 bridgehead atoms. The molecule has 1 amide bonds. The molecular weight excluding hydrogens is 314 g/mol. The minimum atomic E-state index is -1.31. The second kappa shape index (κ2) is 6.27. The standard InChI is InChI=1S/C13H18ClN3O3S/c1-13(2,3)20-12(18)17-5-4-9(7-17)21(19)11-6-10(14)15-8-16-11/h6,8-9H,4-5,7H2,1-3H3/t9-,21+/m1/s1. The summed E-state index contributed by atoms with van der Waals surface area (Å²) in [5.74, 6) is 0. The molecule has 1 aliphatic heterocycles. The number of ether oxygens (including phenoxy) is 1. The first-order valence-electron chi connectivity index (χ1n) is 6.62. The van der Waals surface area contributed by atoms with Crippen LogP contribution in [-0.2, 0) is 15.5 Å². The maximum Gasteiger partial charge on any atom is 0.410 e. The van der Waals surface area contributed by atoms with Crippen molar-refractivity contribution in [3.63, 3.8) is 0 Å². The van der Waals surface area contributed by atoms with E-state index in [1.165, 1.54) is 12.4 Å². The van der Waals surface area contributed by atoms with Gasteiger partial charge in [0.2, 0.25) is 0 Å². The maximum atomic E-state index is 12.4. The third-order valence-corrected chi connectivity index (χ3v) is 4.75. The normalized spacial score (nSPS) is 20.4. The molecule has 21 heavy (non-hydrogen) atoms. The zero-order chi connectivity index (χ0) is 15.6. The molecule has 2 rings (SSSR count). The summed E-state index contributed by atoms with van der Waals surface area (Å²) in [6.45, 7) is 6.38. The summed E-state index contributed by atoms with van der Waals surface area (Å²) in [6, 6.07) is 1.49. The molecule has 0 N–H and O–H groups in total. The molecule has 1 aliphatic rings. The highest BCUT2D eigenvalue weighted by Crippen LogP contribution is 2.22. The fourth-order valence-corrected chi connectivity index (χ4v) is 3.56. The molecule has 116 valence electrons. The maximum absolute atomic E-state index is 12.4. The van der Waals surface area contributed by atoms with Gasteiger partial charge < -0.3 is 9.64 Å². The summed E-state index contributed by atoms with van der Waals surface area (Å²) in [5.41, 5.74) is -0.533. The van der Waals surface area contributed by atoms with Gasteiger partial charge in [0, 0.05) is 19.2 Å². The van der Waals surface area contributed by atoms with Gasteiger partial charge in [0.15, 0.2) is 0 Å². The van der Waals surface area contributed by atoms with Crippen LogP contribution in [-0.4, -0.2) is 49.1 Å². The first-order chi connectivity index (χ1) is 9.76. The summed E-state index contributed by atoms with van der Waals surface area (Å²) in [7, 11) is -1.31. The van der Waals surface area contributed by atoms with Crippen molar-refractivity contribution in [3.8, 4) is 0 Å². The third kappa shape index (κ3) is 4.38. The SMILES string of the molecule is CC(C)(C)OC(=O)N1CC[C@@H]([S@](=O)c2cc(Cl)ncn2)C1. The Morgan fingerprint density at radius 1 is 1.48 bits per heavy atom. The molecule has 2 heterocycles. The highest BCUT2D eigenvalue weighted by Gasteiger charge is 2.33. The minimum absolute atomic E-state index is 0.163. The summed E-state index contributed by atoms with van der Waals surface area (Å²) in [4.78, 5) is 21.3. The molecule has 0 aromatic carbocycles. The number of rotatable bonds is 2. The van der Waals surface area contributed by atoms with Gasteiger partial charge >= 0.3 is 6.09 Å². The third-order valence-electron chi connectivity index (χ3n) is 2.91. The van der Waals surface area contributed by atoms with Crippen LogP contribution in [0.1, 0.15) is 27.2 Å². The van der Waals surface area contributed by atoms with Crippen LogP contribution in [0, 0.1) is 0 Å². The van der Waals surface area contributed by atoms with Crippen LogP contribution >= 0.6 is 11.6 Å². The van der Waals surface area contributed by atoms with Crippen LogP contribution in [0.4, 0.5) is 4.79 Å². The lowest BCUT2D eigenvalue weighted by Gasteiger charge is -2.24. The summed E-state index contributed by atoms with van der Waals surface area (Å²) in [5, 5.41) is 0.491. The highest BCUT2D eigenvalue weighted by atomic mass is 35.5. The van der Waals surface area contributed by atoms with Crippen LogP contribution in [0.15, 0.2) is 17.4 Å². The zero-order valence-corrected chi connectivity index (χ0v) is 13.8. The number of carbonyl (C=O) groups excluding carboxylic acids is 1. The number of hydrogen-bond donors (Lipinski definition) is 0. The average molecular weight is 332 g/mol. The van der Waals surface area contributed by atoms with Crippen molar-refractivity contribution in [1.29, 1.82) is 0 Å². The zero-order valence-electron chi connectivity index (χ0n) is 12.2. The lowest BCUT2D eigenvalue weighted by Crippen LogP contribution is -2.36. The monoisotopic (exact) mass is 331 g/mol. The molecule has 1 fully saturated rings. The molecule has 2 atom stereocenters. The Hall–Kier alpha value is -1.21. The largest absolute Gasteiger partial charge is 0.444 e. The number of hydrogen-bond acceptors (Lipinski definition) is 5. The first-order valence-corrected chi connectivity index (χ1v) is 8.21. The second-order valence-electron chi connectivity index (χ2n) is 5.81. The van der Waals surface area contributed by atoms with E-state index in [9.17, 15) is 9.00 Å². The van der Waals surface area contributed by atoms with Gasteiger partial charge in [0.25, 0.3) is 0 Å². The Balaban J connectivity index is 1.99. The Morgan fingerprint density at radius 2 is 2.19 bits per heavy atom. The van der Waals surface area contributed by atoms with E-state index in [4.69, 9.17) is 16.3 Å². The van der Waals surface area contributed by atoms with Gasteiger partial charge in [-0.15, -0.1) is 0 Å². The van der Waals surface area contributed by atoms with Crippen molar-refractivity contribution in [2.24, 2.45) is 0 Å². The molecule has 0 radical (unpaired) electrons. The number of carbonyl (C=O) groups is 1. The van der Waals surface area contributed by atoms with Gasteiger partial charge in [-0.3, -0.25) is 4.21 Å². The van der Waals surface area contributed by atoms with Crippen LogP contribution < -0.4 is 0 Å². The van der Waals surface area contributed by atoms with Crippen LogP contribution in [0.25, 0.3) is 0 Å². The van der Waals surface area contributed by atoms with E-state index in [1.54, 1.807) is 4.90 Å². The molecule has 0 saturated carbocycles. The van der Waals surface area contributed by atoms with Crippen molar-refractivity contribution in [2.75, 3.05) is 13.1 Å². The molecule has 0 aliphatic carbocycles. The Labute approximate surface area is 131 Å². The van der Waals surface area contributed by atoms with Gasteiger partial charge in [-0.25, -0.2) is 14.8 Å². The molecule has 0 unspecified atom stereocenters. The van der Waals surface area contributed by atoms with Crippen LogP contribution in [0.2, 0.25) is 5.15 Å². The summed E-state index contributed by atoms with van der Waals surface area (Å²) < 4.78 is 17.8.